The molecule has 0 saturated carbocycles. The molecule has 78 valence electrons. The van der Waals surface area contributed by atoms with E-state index in [2.05, 4.69) is 18.8 Å². The molecule has 2 rings (SSSR count). The van der Waals surface area contributed by atoms with Crippen LogP contribution in [0.4, 0.5) is 0 Å². The molecular formula is C12H13NO2. The van der Waals surface area contributed by atoms with E-state index in [9.17, 15) is 4.79 Å². The van der Waals surface area contributed by atoms with Gasteiger partial charge in [0.1, 0.15) is 0 Å². The van der Waals surface area contributed by atoms with Crippen molar-refractivity contribution in [3.63, 3.8) is 0 Å². The quantitative estimate of drug-likeness (QED) is 0.788. The van der Waals surface area contributed by atoms with E-state index in [0.717, 1.165) is 16.5 Å². The van der Waals surface area contributed by atoms with Gasteiger partial charge in [-0.05, 0) is 17.5 Å². The summed E-state index contributed by atoms with van der Waals surface area (Å²) in [5, 5.41) is 9.89. The lowest BCUT2D eigenvalue weighted by Crippen LogP contribution is -1.97. The van der Waals surface area contributed by atoms with E-state index < -0.39 is 5.97 Å². The Morgan fingerprint density at radius 3 is 2.73 bits per heavy atom. The predicted molar refractivity (Wildman–Crippen MR) is 59.3 cm³/mol. The molecule has 3 heteroatoms. The summed E-state index contributed by atoms with van der Waals surface area (Å²) in [6.45, 7) is 4.13. The van der Waals surface area contributed by atoms with Crippen molar-refractivity contribution in [2.24, 2.45) is 0 Å². The first-order valence-corrected chi connectivity index (χ1v) is 4.94. The van der Waals surface area contributed by atoms with Crippen LogP contribution in [0, 0.1) is 0 Å². The van der Waals surface area contributed by atoms with Crippen molar-refractivity contribution in [3.05, 3.63) is 35.5 Å². The Bertz CT molecular complexity index is 511. The first kappa shape index (κ1) is 9.77. The third-order valence-electron chi connectivity index (χ3n) is 2.59. The normalized spacial score (nSPS) is 11.1. The van der Waals surface area contributed by atoms with Gasteiger partial charge in [-0.3, -0.25) is 0 Å². The summed E-state index contributed by atoms with van der Waals surface area (Å²) in [7, 11) is 0. The van der Waals surface area contributed by atoms with Crippen LogP contribution in [-0.2, 0) is 0 Å². The number of carbonyl (C=O) groups is 1. The zero-order valence-corrected chi connectivity index (χ0v) is 8.74. The number of fused-ring (bicyclic) bond motifs is 1. The van der Waals surface area contributed by atoms with Gasteiger partial charge < -0.3 is 10.1 Å². The summed E-state index contributed by atoms with van der Waals surface area (Å²) in [5.74, 6) is -0.558. The molecule has 0 aliphatic heterocycles. The van der Waals surface area contributed by atoms with Gasteiger partial charge in [0.25, 0.3) is 0 Å². The molecule has 0 unspecified atom stereocenters. The van der Waals surface area contributed by atoms with E-state index in [1.807, 2.05) is 18.2 Å². The Morgan fingerprint density at radius 2 is 2.13 bits per heavy atom. The molecule has 2 aromatic rings. The molecule has 2 N–H and O–H groups in total. The molecular weight excluding hydrogens is 190 g/mol. The smallest absolute Gasteiger partial charge is 0.337 e. The topological polar surface area (TPSA) is 53.1 Å². The minimum absolute atomic E-state index is 0.322. The largest absolute Gasteiger partial charge is 0.478 e. The molecule has 0 atom stereocenters. The Hall–Kier alpha value is -1.77. The molecule has 0 radical (unpaired) electrons. The molecule has 1 heterocycles. The van der Waals surface area contributed by atoms with Crippen molar-refractivity contribution < 1.29 is 9.90 Å². The molecule has 0 aliphatic carbocycles. The molecule has 0 fully saturated rings. The van der Waals surface area contributed by atoms with Crippen LogP contribution < -0.4 is 0 Å². The summed E-state index contributed by atoms with van der Waals surface area (Å²) in [4.78, 5) is 14.0. The summed E-state index contributed by atoms with van der Waals surface area (Å²) >= 11 is 0. The number of H-pyrrole nitrogens is 1. The Morgan fingerprint density at radius 1 is 1.40 bits per heavy atom. The van der Waals surface area contributed by atoms with E-state index in [1.54, 1.807) is 6.20 Å². The Balaban J connectivity index is 2.80. The molecule has 15 heavy (non-hydrogen) atoms. The number of aromatic carboxylic acids is 1. The number of hydrogen-bond acceptors (Lipinski definition) is 1. The summed E-state index contributed by atoms with van der Waals surface area (Å²) in [6.07, 6.45) is 1.55. The molecule has 0 bridgehead atoms. The van der Waals surface area contributed by atoms with Gasteiger partial charge in [0.15, 0.2) is 0 Å². The number of benzene rings is 1. The van der Waals surface area contributed by atoms with Crippen LogP contribution in [0.2, 0.25) is 0 Å². The first-order chi connectivity index (χ1) is 7.11. The van der Waals surface area contributed by atoms with Crippen molar-refractivity contribution in [3.8, 4) is 0 Å². The molecule has 0 aliphatic rings. The molecule has 1 aromatic carbocycles. The number of aromatic nitrogens is 1. The summed E-state index contributed by atoms with van der Waals surface area (Å²) < 4.78 is 0. The van der Waals surface area contributed by atoms with E-state index in [1.165, 1.54) is 0 Å². The van der Waals surface area contributed by atoms with E-state index in [0.29, 0.717) is 11.5 Å². The maximum absolute atomic E-state index is 11.0. The third-order valence-corrected chi connectivity index (χ3v) is 2.59. The van der Waals surface area contributed by atoms with Crippen LogP contribution in [-0.4, -0.2) is 16.1 Å². The lowest BCUT2D eigenvalue weighted by atomic mass is 9.97. The zero-order valence-electron chi connectivity index (χ0n) is 8.74. The highest BCUT2D eigenvalue weighted by molar-refractivity contribution is 6.04. The SMILES string of the molecule is CC(C)c1cccc2[nH]cc(C(=O)O)c12. The van der Waals surface area contributed by atoms with Crippen molar-refractivity contribution in [1.29, 1.82) is 0 Å². The average molecular weight is 203 g/mol. The highest BCUT2D eigenvalue weighted by Gasteiger charge is 2.14. The van der Waals surface area contributed by atoms with Gasteiger partial charge in [0.2, 0.25) is 0 Å². The zero-order chi connectivity index (χ0) is 11.0. The standard InChI is InChI=1S/C12H13NO2/c1-7(2)8-4-3-5-10-11(8)9(6-13-10)12(14)15/h3-7,13H,1-2H3,(H,14,15). The molecule has 3 nitrogen and oxygen atoms in total. The molecule has 0 spiro atoms. The second-order valence-electron chi connectivity index (χ2n) is 3.93. The second-order valence-corrected chi connectivity index (χ2v) is 3.93. The number of carboxylic acids is 1. The van der Waals surface area contributed by atoms with Gasteiger partial charge >= 0.3 is 5.97 Å². The number of hydrogen-bond donors (Lipinski definition) is 2. The lowest BCUT2D eigenvalue weighted by Gasteiger charge is -2.07. The lowest BCUT2D eigenvalue weighted by molar-refractivity contribution is 0.0699. The molecule has 0 amide bonds. The summed E-state index contributed by atoms with van der Waals surface area (Å²) in [6, 6.07) is 5.82. The van der Waals surface area contributed by atoms with E-state index in [4.69, 9.17) is 5.11 Å². The fourth-order valence-electron chi connectivity index (χ4n) is 1.86. The van der Waals surface area contributed by atoms with Gasteiger partial charge in [-0.1, -0.05) is 26.0 Å². The molecule has 0 saturated heterocycles. The van der Waals surface area contributed by atoms with Crippen LogP contribution in [0.15, 0.2) is 24.4 Å². The number of aromatic amines is 1. The van der Waals surface area contributed by atoms with E-state index in [-0.39, 0.29) is 0 Å². The van der Waals surface area contributed by atoms with Gasteiger partial charge in [-0.25, -0.2) is 4.79 Å². The number of rotatable bonds is 2. The number of nitrogens with one attached hydrogen (secondary N) is 1. The van der Waals surface area contributed by atoms with Crippen LogP contribution in [0.25, 0.3) is 10.9 Å². The monoisotopic (exact) mass is 203 g/mol. The first-order valence-electron chi connectivity index (χ1n) is 4.94. The van der Waals surface area contributed by atoms with Crippen LogP contribution in [0.1, 0.15) is 35.7 Å². The Kier molecular flexibility index (Phi) is 2.23. The maximum atomic E-state index is 11.0. The highest BCUT2D eigenvalue weighted by Crippen LogP contribution is 2.27. The van der Waals surface area contributed by atoms with Gasteiger partial charge in [0, 0.05) is 17.1 Å². The minimum atomic E-state index is -0.880. The van der Waals surface area contributed by atoms with Crippen molar-refractivity contribution >= 4 is 16.9 Å². The van der Waals surface area contributed by atoms with Crippen LogP contribution in [0.3, 0.4) is 0 Å². The second kappa shape index (κ2) is 3.42. The van der Waals surface area contributed by atoms with Gasteiger partial charge in [-0.2, -0.15) is 0 Å². The Labute approximate surface area is 87.7 Å². The molecule has 1 aromatic heterocycles. The maximum Gasteiger partial charge on any atom is 0.337 e. The summed E-state index contributed by atoms with van der Waals surface area (Å²) in [5.41, 5.74) is 2.32. The average Bonchev–Trinajstić information content (AvgIpc) is 2.60. The predicted octanol–water partition coefficient (Wildman–Crippen LogP) is 2.99. The van der Waals surface area contributed by atoms with Crippen LogP contribution in [0.5, 0.6) is 0 Å². The fourth-order valence-corrected chi connectivity index (χ4v) is 1.86. The van der Waals surface area contributed by atoms with Crippen molar-refractivity contribution in [1.82, 2.24) is 4.98 Å². The van der Waals surface area contributed by atoms with E-state index >= 15 is 0 Å². The third kappa shape index (κ3) is 1.50. The minimum Gasteiger partial charge on any atom is -0.478 e. The fraction of sp³-hybridized carbons (Fsp3) is 0.250. The number of carboxylic acid groups (broad SMARTS) is 1. The van der Waals surface area contributed by atoms with Crippen LogP contribution >= 0.6 is 0 Å². The van der Waals surface area contributed by atoms with Crippen molar-refractivity contribution in [2.75, 3.05) is 0 Å². The van der Waals surface area contributed by atoms with Crippen molar-refractivity contribution in [2.45, 2.75) is 19.8 Å². The van der Waals surface area contributed by atoms with Gasteiger partial charge in [-0.15, -0.1) is 0 Å². The highest BCUT2D eigenvalue weighted by atomic mass is 16.4. The van der Waals surface area contributed by atoms with Gasteiger partial charge in [0.05, 0.1) is 5.56 Å².